The van der Waals surface area contributed by atoms with Gasteiger partial charge in [-0.05, 0) is 0 Å². The van der Waals surface area contributed by atoms with E-state index in [1.165, 1.54) is 0 Å². The minimum atomic E-state index is 0. The smallest absolute Gasteiger partial charge is 0.170 e. The van der Waals surface area contributed by atoms with Gasteiger partial charge in [0.2, 0.25) is 12.4 Å². The Bertz CT molecular complexity index is 226. The minimum absolute atomic E-state index is 0. The Morgan fingerprint density at radius 2 is 1.08 bits per heavy atom. The van der Waals surface area contributed by atoms with Crippen LogP contribution in [0.3, 0.4) is 0 Å². The van der Waals surface area contributed by atoms with Gasteiger partial charge in [0.15, 0.2) is 0 Å². The molecule has 0 N–H and O–H groups in total. The summed E-state index contributed by atoms with van der Waals surface area (Å²) in [7, 11) is 0. The molecule has 0 aromatic rings. The quantitative estimate of drug-likeness (QED) is 0.186. The van der Waals surface area contributed by atoms with Gasteiger partial charge in [-0.2, -0.15) is 10.5 Å². The molecule has 0 unspecified atom stereocenters. The molecule has 0 aromatic carbocycles. The van der Waals surface area contributed by atoms with Gasteiger partial charge in [0, 0.05) is 0 Å². The van der Waals surface area contributed by atoms with E-state index in [1.54, 1.807) is 12.4 Å². The number of nitrogens with zero attached hydrogens (tertiary/aromatic N) is 4. The first-order chi connectivity index (χ1) is 5.54. The van der Waals surface area contributed by atoms with E-state index < -0.39 is 0 Å². The molecule has 4 nitrogen and oxygen atoms in total. The molecule has 0 amide bonds. The minimum Gasteiger partial charge on any atom is -0.170 e. The Hall–Kier alpha value is 0.408. The summed E-state index contributed by atoms with van der Waals surface area (Å²) in [6, 6.07) is 0. The molecular weight excluding hydrogens is 427 g/mol. The van der Waals surface area contributed by atoms with Crippen LogP contribution in [0.25, 0.3) is 0 Å². The van der Waals surface area contributed by atoms with Crippen LogP contribution in [0.5, 0.6) is 0 Å². The number of nitriles is 2. The second kappa shape index (κ2) is 14.9. The van der Waals surface area contributed by atoms with Crippen LogP contribution in [0.15, 0.2) is 9.98 Å². The summed E-state index contributed by atoms with van der Waals surface area (Å²) in [6.45, 7) is 0. The Balaban J connectivity index is -0.000000143. The van der Waals surface area contributed by atoms with Crippen molar-refractivity contribution in [2.24, 2.45) is 9.98 Å². The fourth-order valence-electron chi connectivity index (χ4n) is 0.100. The third-order valence-electron chi connectivity index (χ3n) is 0.324. The Kier molecular flexibility index (Phi) is 21.9. The first-order valence-corrected chi connectivity index (χ1v) is 4.34. The molecule has 0 radical (unpaired) electrons. The van der Waals surface area contributed by atoms with Crippen molar-refractivity contribution in [2.75, 3.05) is 0 Å². The topological polar surface area (TPSA) is 72.3 Å². The van der Waals surface area contributed by atoms with E-state index in [0.717, 1.165) is 0 Å². The van der Waals surface area contributed by atoms with Crippen molar-refractivity contribution in [1.82, 2.24) is 0 Å². The average molecular weight is 435 g/mol. The van der Waals surface area contributed by atoms with Crippen LogP contribution in [0.4, 0.5) is 0 Å². The van der Waals surface area contributed by atoms with E-state index in [4.69, 9.17) is 10.5 Å². The molecule has 0 saturated heterocycles. The zero-order valence-electron chi connectivity index (χ0n) is 6.11. The number of aliphatic imine (C=N–C) groups is 2. The van der Waals surface area contributed by atoms with Crippen LogP contribution >= 0.6 is 0 Å². The molecule has 0 heterocycles. The van der Waals surface area contributed by atoms with Crippen LogP contribution in [0.1, 0.15) is 0 Å². The standard InChI is InChI=1S/2C2H2N2S2.Pt/c2*3-1-4-2(5)6;/h2*(H2,4,5,6);/q;;+2/p+4. The number of rotatable bonds is 0. The van der Waals surface area contributed by atoms with Crippen LogP contribution in [-0.2, 0) is 71.6 Å². The van der Waals surface area contributed by atoms with E-state index in [1.807, 2.05) is 0 Å². The number of hydrogen-bond acceptors (Lipinski definition) is 4. The normalized spacial score (nSPS) is 5.69. The van der Waals surface area contributed by atoms with E-state index in [2.05, 4.69) is 60.5 Å². The summed E-state index contributed by atoms with van der Waals surface area (Å²) >= 11 is 11.7. The van der Waals surface area contributed by atoms with Crippen LogP contribution in [-0.4, -0.2) is 8.75 Å². The van der Waals surface area contributed by atoms with Gasteiger partial charge < -0.3 is 0 Å². The maximum Gasteiger partial charge on any atom is 2.00 e. The Labute approximate surface area is 112 Å². The van der Waals surface area contributed by atoms with E-state index in [-0.39, 0.29) is 21.1 Å². The van der Waals surface area contributed by atoms with Crippen molar-refractivity contribution < 1.29 is 21.1 Å². The maximum atomic E-state index is 7.74. The van der Waals surface area contributed by atoms with E-state index in [0.29, 0.717) is 8.75 Å². The zero-order chi connectivity index (χ0) is 9.98. The van der Waals surface area contributed by atoms with Gasteiger partial charge in [-0.25, -0.2) is 0 Å². The summed E-state index contributed by atoms with van der Waals surface area (Å²) in [4.78, 5) is 6.35. The second-order valence-corrected chi connectivity index (χ2v) is 4.02. The van der Waals surface area contributed by atoms with Crippen molar-refractivity contribution in [3.05, 3.63) is 0 Å². The second-order valence-electron chi connectivity index (χ2n) is 1.12. The first-order valence-electron chi connectivity index (χ1n) is 2.34. The fourth-order valence-corrected chi connectivity index (χ4v) is 0.300. The molecule has 0 aromatic heterocycles. The summed E-state index contributed by atoms with van der Waals surface area (Å²) in [5.41, 5.74) is 0. The van der Waals surface area contributed by atoms with Crippen LogP contribution < -0.4 is 0 Å². The summed E-state index contributed by atoms with van der Waals surface area (Å²) in [5.74, 6) is 0. The van der Waals surface area contributed by atoms with E-state index in [9.17, 15) is 0 Å². The molecule has 0 spiro atoms. The number of hydrogen-bond donors (Lipinski definition) is 0. The molecule has 9 heteroatoms. The van der Waals surface area contributed by atoms with Gasteiger partial charge in [0.1, 0.15) is 0 Å². The van der Waals surface area contributed by atoms with Gasteiger partial charge in [-0.3, -0.25) is 0 Å². The van der Waals surface area contributed by atoms with Gasteiger partial charge in [0.05, 0.1) is 50.5 Å². The molecule has 0 saturated carbocycles. The monoisotopic (exact) mass is 435 g/mol. The van der Waals surface area contributed by atoms with Crippen molar-refractivity contribution in [3.8, 4) is 12.4 Å². The predicted octanol–water partition coefficient (Wildman–Crippen LogP) is -2.31. The molecule has 0 aliphatic rings. The third kappa shape index (κ3) is 32.7. The van der Waals surface area contributed by atoms with Crippen molar-refractivity contribution in [3.63, 3.8) is 0 Å². The molecule has 13 heavy (non-hydrogen) atoms. The third-order valence-corrected chi connectivity index (χ3v) is 0.771. The van der Waals surface area contributed by atoms with Crippen molar-refractivity contribution in [2.45, 2.75) is 0 Å². The Morgan fingerprint density at radius 3 is 1.08 bits per heavy atom. The summed E-state index contributed by atoms with van der Waals surface area (Å²) < 4.78 is 0.829. The van der Waals surface area contributed by atoms with E-state index >= 15 is 0 Å². The molecule has 72 valence electrons. The molecule has 0 atom stereocenters. The SMILES string of the molecule is N#CN=C([SH2+])[SH2+].N#CN=C([SH2+])[SH2+].[Pt+2]. The zero-order valence-corrected chi connectivity index (χ0v) is 12.4. The van der Waals surface area contributed by atoms with Crippen LogP contribution in [0.2, 0.25) is 0 Å². The van der Waals surface area contributed by atoms with Crippen molar-refractivity contribution in [1.29, 1.82) is 10.5 Å². The largest absolute Gasteiger partial charge is 2.00 e. The summed E-state index contributed by atoms with van der Waals surface area (Å²) in [5, 5.41) is 15.5. The molecule has 0 aliphatic carbocycles. The first kappa shape index (κ1) is 19.1. The van der Waals surface area contributed by atoms with Gasteiger partial charge >= 0.3 is 29.8 Å². The predicted molar refractivity (Wildman–Crippen MR) is 66.7 cm³/mol. The molecule has 0 rings (SSSR count). The Morgan fingerprint density at radius 1 is 0.846 bits per heavy atom. The van der Waals surface area contributed by atoms with Gasteiger partial charge in [0.25, 0.3) is 0 Å². The molecular formula is C4H8N4PtS4+6. The summed E-state index contributed by atoms with van der Waals surface area (Å²) in [6.07, 6.45) is 3.12. The maximum absolute atomic E-state index is 7.74. The fraction of sp³-hybridized carbons (Fsp3) is 0. The van der Waals surface area contributed by atoms with Crippen molar-refractivity contribution >= 4 is 59.3 Å². The molecule has 0 bridgehead atoms. The van der Waals surface area contributed by atoms with Crippen LogP contribution in [0, 0.1) is 22.9 Å². The molecule has 0 fully saturated rings. The average Bonchev–Trinajstić information content (AvgIpc) is 1.87. The van der Waals surface area contributed by atoms with Gasteiger partial charge in [-0.15, -0.1) is 0 Å². The molecule has 0 aliphatic heterocycles. The van der Waals surface area contributed by atoms with Gasteiger partial charge in [-0.1, -0.05) is 9.98 Å².